The summed E-state index contributed by atoms with van der Waals surface area (Å²) in [5, 5.41) is 13.7. The van der Waals surface area contributed by atoms with E-state index in [1.165, 1.54) is 41.3 Å². The number of carbonyl (C=O) groups is 3. The SMILES string of the molecule is CCOC(=O)c1ccc(NC(=O)C(C)N2C(=O)/C(=C/c3cccc([N+](=O)[O-])c3)SC2=S)cc1. The van der Waals surface area contributed by atoms with Crippen LogP contribution in [0.3, 0.4) is 0 Å². The van der Waals surface area contributed by atoms with Crippen molar-refractivity contribution in [3.8, 4) is 0 Å². The molecule has 11 heteroatoms. The normalized spacial score (nSPS) is 15.5. The molecule has 1 fully saturated rings. The van der Waals surface area contributed by atoms with Gasteiger partial charge in [-0.1, -0.05) is 36.1 Å². The number of hydrogen-bond donors (Lipinski definition) is 1. The molecule has 0 saturated carbocycles. The summed E-state index contributed by atoms with van der Waals surface area (Å²) in [6.45, 7) is 3.51. The van der Waals surface area contributed by atoms with Gasteiger partial charge >= 0.3 is 5.97 Å². The predicted molar refractivity (Wildman–Crippen MR) is 129 cm³/mol. The van der Waals surface area contributed by atoms with Crippen molar-refractivity contribution >= 4 is 63.5 Å². The molecule has 0 spiro atoms. The molecule has 0 bridgehead atoms. The minimum atomic E-state index is -0.904. The largest absolute Gasteiger partial charge is 0.462 e. The fraction of sp³-hybridized carbons (Fsp3) is 0.182. The number of nitro benzene ring substituents is 1. The molecular weight excluding hydrogens is 466 g/mol. The molecule has 2 aromatic rings. The number of nitro groups is 1. The second-order valence-corrected chi connectivity index (χ2v) is 8.54. The maximum atomic E-state index is 12.9. The molecule has 2 aromatic carbocycles. The van der Waals surface area contributed by atoms with Gasteiger partial charge in [0.05, 0.1) is 22.0 Å². The Bertz CT molecular complexity index is 1160. The third-order valence-electron chi connectivity index (χ3n) is 4.63. The Morgan fingerprint density at radius 2 is 1.97 bits per heavy atom. The van der Waals surface area contributed by atoms with Crippen molar-refractivity contribution in [2.24, 2.45) is 0 Å². The summed E-state index contributed by atoms with van der Waals surface area (Å²) in [5.74, 6) is -1.39. The fourth-order valence-electron chi connectivity index (χ4n) is 2.96. The molecule has 1 atom stereocenters. The first kappa shape index (κ1) is 24.1. The van der Waals surface area contributed by atoms with E-state index in [2.05, 4.69) is 5.32 Å². The molecule has 9 nitrogen and oxygen atoms in total. The quantitative estimate of drug-likeness (QED) is 0.206. The Hall–Kier alpha value is -3.57. The maximum absolute atomic E-state index is 12.9. The van der Waals surface area contributed by atoms with Gasteiger partial charge in [-0.3, -0.25) is 24.6 Å². The van der Waals surface area contributed by atoms with Crippen molar-refractivity contribution in [2.45, 2.75) is 19.9 Å². The van der Waals surface area contributed by atoms with Crippen molar-refractivity contribution in [2.75, 3.05) is 11.9 Å². The number of nitrogens with zero attached hydrogens (tertiary/aromatic N) is 2. The molecule has 1 aliphatic heterocycles. The van der Waals surface area contributed by atoms with Crippen LogP contribution in [0.25, 0.3) is 6.08 Å². The van der Waals surface area contributed by atoms with Crippen molar-refractivity contribution in [1.82, 2.24) is 4.90 Å². The number of non-ortho nitro benzene ring substituents is 1. The van der Waals surface area contributed by atoms with Crippen molar-refractivity contribution < 1.29 is 24.0 Å². The predicted octanol–water partition coefficient (Wildman–Crippen LogP) is 4.00. The Kier molecular flexibility index (Phi) is 7.56. The first-order valence-electron chi connectivity index (χ1n) is 9.80. The van der Waals surface area contributed by atoms with E-state index >= 15 is 0 Å². The van der Waals surface area contributed by atoms with Gasteiger partial charge in [0.15, 0.2) is 0 Å². The van der Waals surface area contributed by atoms with Crippen LogP contribution in [0, 0.1) is 10.1 Å². The zero-order valence-electron chi connectivity index (χ0n) is 17.6. The zero-order chi connectivity index (χ0) is 24.1. The molecule has 1 aliphatic rings. The number of anilines is 1. The van der Waals surface area contributed by atoms with Gasteiger partial charge in [0.2, 0.25) is 5.91 Å². The lowest BCUT2D eigenvalue weighted by atomic mass is 10.1. The van der Waals surface area contributed by atoms with Crippen molar-refractivity contribution in [3.63, 3.8) is 0 Å². The number of hydrogen-bond acceptors (Lipinski definition) is 8. The molecule has 3 rings (SSSR count). The van der Waals surface area contributed by atoms with Gasteiger partial charge in [-0.05, 0) is 49.8 Å². The highest BCUT2D eigenvalue weighted by Gasteiger charge is 2.38. The van der Waals surface area contributed by atoms with Crippen LogP contribution in [0.2, 0.25) is 0 Å². The minimum absolute atomic E-state index is 0.0963. The highest BCUT2D eigenvalue weighted by molar-refractivity contribution is 8.26. The van der Waals surface area contributed by atoms with Crippen LogP contribution in [-0.4, -0.2) is 44.6 Å². The molecular formula is C22H19N3O6S2. The average molecular weight is 486 g/mol. The highest BCUT2D eigenvalue weighted by atomic mass is 32.2. The summed E-state index contributed by atoms with van der Waals surface area (Å²) in [6, 6.07) is 11.1. The van der Waals surface area contributed by atoms with E-state index in [9.17, 15) is 24.5 Å². The van der Waals surface area contributed by atoms with Crippen LogP contribution >= 0.6 is 24.0 Å². The summed E-state index contributed by atoms with van der Waals surface area (Å²) in [6.07, 6.45) is 1.50. The van der Waals surface area contributed by atoms with Gasteiger partial charge in [0.1, 0.15) is 10.4 Å². The minimum Gasteiger partial charge on any atom is -0.462 e. The molecule has 1 unspecified atom stereocenters. The molecule has 0 aliphatic carbocycles. The second kappa shape index (κ2) is 10.4. The van der Waals surface area contributed by atoms with E-state index in [0.29, 0.717) is 16.8 Å². The molecule has 2 amide bonds. The Balaban J connectivity index is 1.71. The van der Waals surface area contributed by atoms with Gasteiger partial charge in [-0.15, -0.1) is 0 Å². The molecule has 0 radical (unpaired) electrons. The van der Waals surface area contributed by atoms with Gasteiger partial charge in [-0.25, -0.2) is 4.79 Å². The van der Waals surface area contributed by atoms with Crippen LogP contribution in [-0.2, 0) is 14.3 Å². The molecule has 170 valence electrons. The number of ether oxygens (including phenoxy) is 1. The number of rotatable bonds is 7. The Morgan fingerprint density at radius 3 is 2.61 bits per heavy atom. The van der Waals surface area contributed by atoms with Crippen LogP contribution in [0.1, 0.15) is 29.8 Å². The fourth-order valence-corrected chi connectivity index (χ4v) is 4.38. The third kappa shape index (κ3) is 5.62. The first-order chi connectivity index (χ1) is 15.7. The number of esters is 1. The summed E-state index contributed by atoms with van der Waals surface area (Å²) < 4.78 is 5.13. The number of thioether (sulfide) groups is 1. The molecule has 1 N–H and O–H groups in total. The standard InChI is InChI=1S/C22H19N3O6S2/c1-3-31-21(28)15-7-9-16(10-8-15)23-19(26)13(2)24-20(27)18(33-22(24)32)12-14-5-4-6-17(11-14)25(29)30/h4-13H,3H2,1-2H3,(H,23,26)/b18-12-. The van der Waals surface area contributed by atoms with E-state index in [1.807, 2.05) is 0 Å². The molecule has 0 aromatic heterocycles. The van der Waals surface area contributed by atoms with Gasteiger partial charge in [0, 0.05) is 17.8 Å². The lowest BCUT2D eigenvalue weighted by Crippen LogP contribution is -2.44. The number of carbonyl (C=O) groups excluding carboxylic acids is 3. The van der Waals surface area contributed by atoms with Crippen LogP contribution in [0.15, 0.2) is 53.4 Å². The third-order valence-corrected chi connectivity index (χ3v) is 5.96. The Labute approximate surface area is 198 Å². The van der Waals surface area contributed by atoms with E-state index < -0.39 is 28.7 Å². The summed E-state index contributed by atoms with van der Waals surface area (Å²) in [7, 11) is 0. The lowest BCUT2D eigenvalue weighted by Gasteiger charge is -2.22. The molecule has 1 heterocycles. The molecule has 1 saturated heterocycles. The number of amides is 2. The molecule has 33 heavy (non-hydrogen) atoms. The smallest absolute Gasteiger partial charge is 0.338 e. The number of benzene rings is 2. The maximum Gasteiger partial charge on any atom is 0.338 e. The highest BCUT2D eigenvalue weighted by Crippen LogP contribution is 2.34. The monoisotopic (exact) mass is 485 g/mol. The summed E-state index contributed by atoms with van der Waals surface area (Å²) in [5.41, 5.74) is 1.17. The van der Waals surface area contributed by atoms with Crippen LogP contribution < -0.4 is 5.32 Å². The average Bonchev–Trinajstić information content (AvgIpc) is 3.06. The van der Waals surface area contributed by atoms with E-state index in [4.69, 9.17) is 17.0 Å². The van der Waals surface area contributed by atoms with E-state index in [1.54, 1.807) is 32.0 Å². The second-order valence-electron chi connectivity index (χ2n) is 6.87. The lowest BCUT2D eigenvalue weighted by molar-refractivity contribution is -0.384. The van der Waals surface area contributed by atoms with Crippen LogP contribution in [0.5, 0.6) is 0 Å². The van der Waals surface area contributed by atoms with Gasteiger partial charge < -0.3 is 10.1 Å². The number of thiocarbonyl (C=S) groups is 1. The first-order valence-corrected chi connectivity index (χ1v) is 11.0. The van der Waals surface area contributed by atoms with Gasteiger partial charge in [-0.2, -0.15) is 0 Å². The Morgan fingerprint density at radius 1 is 1.27 bits per heavy atom. The van der Waals surface area contributed by atoms with Crippen molar-refractivity contribution in [3.05, 3.63) is 74.7 Å². The van der Waals surface area contributed by atoms with E-state index in [0.717, 1.165) is 11.8 Å². The zero-order valence-corrected chi connectivity index (χ0v) is 19.3. The summed E-state index contributed by atoms with van der Waals surface area (Å²) in [4.78, 5) is 49.3. The van der Waals surface area contributed by atoms with E-state index in [-0.39, 0.29) is 21.5 Å². The topological polar surface area (TPSA) is 119 Å². The number of nitrogens with one attached hydrogen (secondary N) is 1. The van der Waals surface area contributed by atoms with Gasteiger partial charge in [0.25, 0.3) is 11.6 Å². The van der Waals surface area contributed by atoms with Crippen LogP contribution in [0.4, 0.5) is 11.4 Å². The van der Waals surface area contributed by atoms with Crippen molar-refractivity contribution in [1.29, 1.82) is 0 Å². The summed E-state index contributed by atoms with van der Waals surface area (Å²) >= 11 is 6.32.